The fraction of sp³-hybridized carbons (Fsp3) is 0.286. The molecular formula is C28H32ClN3O5S. The fourth-order valence-electron chi connectivity index (χ4n) is 3.83. The zero-order valence-electron chi connectivity index (χ0n) is 21.8. The van der Waals surface area contributed by atoms with Crippen LogP contribution in [0.3, 0.4) is 0 Å². The van der Waals surface area contributed by atoms with Crippen LogP contribution in [0.25, 0.3) is 0 Å². The Bertz CT molecular complexity index is 1370. The van der Waals surface area contributed by atoms with E-state index in [4.69, 9.17) is 16.3 Å². The summed E-state index contributed by atoms with van der Waals surface area (Å²) in [6, 6.07) is 20.3. The largest absolute Gasteiger partial charge is 0.497 e. The van der Waals surface area contributed by atoms with Gasteiger partial charge in [-0.2, -0.15) is 0 Å². The van der Waals surface area contributed by atoms with Crippen LogP contribution in [0.5, 0.6) is 5.75 Å². The minimum Gasteiger partial charge on any atom is -0.497 e. The third-order valence-electron chi connectivity index (χ3n) is 5.79. The van der Waals surface area contributed by atoms with E-state index in [9.17, 15) is 18.0 Å². The summed E-state index contributed by atoms with van der Waals surface area (Å²) < 4.78 is 33.8. The average molecular weight is 558 g/mol. The predicted octanol–water partition coefficient (Wildman–Crippen LogP) is 4.49. The molecule has 0 saturated heterocycles. The van der Waals surface area contributed by atoms with E-state index in [0.29, 0.717) is 16.3 Å². The monoisotopic (exact) mass is 557 g/mol. The predicted molar refractivity (Wildman–Crippen MR) is 149 cm³/mol. The molecule has 3 aromatic carbocycles. The number of hydrogen-bond donors (Lipinski definition) is 1. The molecule has 0 bridgehead atoms. The summed E-state index contributed by atoms with van der Waals surface area (Å²) in [5.74, 6) is -0.475. The van der Waals surface area contributed by atoms with E-state index in [1.165, 1.54) is 24.1 Å². The lowest BCUT2D eigenvalue weighted by Crippen LogP contribution is -2.52. The number of nitrogens with one attached hydrogen (secondary N) is 1. The van der Waals surface area contributed by atoms with Gasteiger partial charge in [0.05, 0.1) is 17.7 Å². The van der Waals surface area contributed by atoms with Crippen molar-refractivity contribution in [3.63, 3.8) is 0 Å². The molecule has 0 aliphatic rings. The summed E-state index contributed by atoms with van der Waals surface area (Å²) >= 11 is 6.16. The first-order valence-electron chi connectivity index (χ1n) is 12.1. The van der Waals surface area contributed by atoms with E-state index in [2.05, 4.69) is 5.32 Å². The third-order valence-corrected chi connectivity index (χ3v) is 7.81. The van der Waals surface area contributed by atoms with Crippen molar-refractivity contribution in [3.8, 4) is 5.75 Å². The molecule has 0 aromatic heterocycles. The molecule has 8 nitrogen and oxygen atoms in total. The topological polar surface area (TPSA) is 96.0 Å². The van der Waals surface area contributed by atoms with E-state index in [-0.39, 0.29) is 29.1 Å². The van der Waals surface area contributed by atoms with Crippen molar-refractivity contribution < 1.29 is 22.7 Å². The maximum Gasteiger partial charge on any atom is 0.264 e. The Morgan fingerprint density at radius 1 is 0.947 bits per heavy atom. The number of ether oxygens (including phenoxy) is 1. The van der Waals surface area contributed by atoms with Gasteiger partial charge in [-0.15, -0.1) is 0 Å². The highest BCUT2D eigenvalue weighted by molar-refractivity contribution is 7.92. The van der Waals surface area contributed by atoms with Crippen molar-refractivity contribution in [2.45, 2.75) is 44.3 Å². The number of nitrogens with zero attached hydrogens (tertiary/aromatic N) is 2. The number of methoxy groups -OCH3 is 1. The minimum absolute atomic E-state index is 0.0302. The third kappa shape index (κ3) is 7.26. The van der Waals surface area contributed by atoms with Gasteiger partial charge in [0.1, 0.15) is 18.3 Å². The lowest BCUT2D eigenvalue weighted by Gasteiger charge is -2.32. The molecule has 0 heterocycles. The molecule has 0 spiro atoms. The summed E-state index contributed by atoms with van der Waals surface area (Å²) in [4.78, 5) is 28.2. The number of anilines is 1. The van der Waals surface area contributed by atoms with Crippen molar-refractivity contribution in [3.05, 3.63) is 89.4 Å². The van der Waals surface area contributed by atoms with E-state index >= 15 is 0 Å². The van der Waals surface area contributed by atoms with Crippen LogP contribution in [0, 0.1) is 0 Å². The van der Waals surface area contributed by atoms with Gasteiger partial charge in [-0.05, 0) is 62.7 Å². The normalized spacial score (nSPS) is 12.1. The van der Waals surface area contributed by atoms with E-state index in [1.54, 1.807) is 73.7 Å². The van der Waals surface area contributed by atoms with Gasteiger partial charge in [-0.25, -0.2) is 8.42 Å². The van der Waals surface area contributed by atoms with Crippen LogP contribution in [-0.2, 0) is 26.2 Å². The summed E-state index contributed by atoms with van der Waals surface area (Å²) in [6.45, 7) is 4.78. The number of sulfonamides is 1. The highest BCUT2D eigenvalue weighted by Crippen LogP contribution is 2.27. The van der Waals surface area contributed by atoms with Crippen LogP contribution >= 0.6 is 11.6 Å². The standard InChI is InChI=1S/C28H32ClN3O5S/c1-20(2)30-28(34)21(3)31(18-22-10-8-11-23(29)16-22)27(33)19-32(24-12-9-13-25(17-24)37-4)38(35,36)26-14-6-5-7-15-26/h5-17,20-21H,18-19H2,1-4H3,(H,30,34). The smallest absolute Gasteiger partial charge is 0.264 e. The Balaban J connectivity index is 2.04. The summed E-state index contributed by atoms with van der Waals surface area (Å²) in [5, 5.41) is 3.31. The molecule has 0 radical (unpaired) electrons. The molecule has 3 aromatic rings. The maximum absolute atomic E-state index is 13.9. The molecule has 0 saturated carbocycles. The molecule has 38 heavy (non-hydrogen) atoms. The first-order chi connectivity index (χ1) is 18.0. The summed E-state index contributed by atoms with van der Waals surface area (Å²) in [7, 11) is -2.67. The van der Waals surface area contributed by atoms with Crippen LogP contribution in [0.15, 0.2) is 83.8 Å². The van der Waals surface area contributed by atoms with Gasteiger partial charge >= 0.3 is 0 Å². The van der Waals surface area contributed by atoms with E-state index < -0.39 is 28.5 Å². The van der Waals surface area contributed by atoms with Crippen molar-refractivity contribution in [2.75, 3.05) is 18.0 Å². The van der Waals surface area contributed by atoms with Gasteiger partial charge in [0.2, 0.25) is 11.8 Å². The highest BCUT2D eigenvalue weighted by atomic mass is 35.5. The number of halogens is 1. The molecule has 1 unspecified atom stereocenters. The van der Waals surface area contributed by atoms with Gasteiger partial charge in [0.25, 0.3) is 10.0 Å². The average Bonchev–Trinajstić information content (AvgIpc) is 2.90. The number of carbonyl (C=O) groups excluding carboxylic acids is 2. The molecule has 1 N–H and O–H groups in total. The Hall–Kier alpha value is -3.56. The Labute approximate surface area is 229 Å². The van der Waals surface area contributed by atoms with Crippen LogP contribution in [0.4, 0.5) is 5.69 Å². The van der Waals surface area contributed by atoms with Gasteiger partial charge in [0.15, 0.2) is 0 Å². The zero-order chi connectivity index (χ0) is 27.9. The number of hydrogen-bond acceptors (Lipinski definition) is 5. The molecule has 2 amide bonds. The van der Waals surface area contributed by atoms with Crippen molar-refractivity contribution in [2.24, 2.45) is 0 Å². The van der Waals surface area contributed by atoms with Gasteiger partial charge in [0, 0.05) is 23.7 Å². The fourth-order valence-corrected chi connectivity index (χ4v) is 5.47. The molecule has 0 aliphatic heterocycles. The molecular weight excluding hydrogens is 526 g/mol. The van der Waals surface area contributed by atoms with Crippen molar-refractivity contribution in [1.82, 2.24) is 10.2 Å². The molecule has 1 atom stereocenters. The quantitative estimate of drug-likeness (QED) is 0.375. The summed E-state index contributed by atoms with van der Waals surface area (Å²) in [5.41, 5.74) is 0.956. The first-order valence-corrected chi connectivity index (χ1v) is 13.9. The molecule has 202 valence electrons. The molecule has 3 rings (SSSR count). The zero-order valence-corrected chi connectivity index (χ0v) is 23.4. The van der Waals surface area contributed by atoms with Crippen LogP contribution < -0.4 is 14.4 Å². The van der Waals surface area contributed by atoms with Crippen LogP contribution in [0.2, 0.25) is 5.02 Å². The van der Waals surface area contributed by atoms with Gasteiger partial charge in [-0.3, -0.25) is 13.9 Å². The van der Waals surface area contributed by atoms with E-state index in [0.717, 1.165) is 4.31 Å². The second kappa shape index (κ2) is 12.8. The second-order valence-electron chi connectivity index (χ2n) is 9.02. The van der Waals surface area contributed by atoms with E-state index in [1.807, 2.05) is 13.8 Å². The van der Waals surface area contributed by atoms with Crippen LogP contribution in [-0.4, -0.2) is 50.9 Å². The van der Waals surface area contributed by atoms with Gasteiger partial charge in [-0.1, -0.05) is 48.0 Å². The minimum atomic E-state index is -4.14. The SMILES string of the molecule is COc1cccc(N(CC(=O)N(Cc2cccc(Cl)c2)C(C)C(=O)NC(C)C)S(=O)(=O)c2ccccc2)c1. The Morgan fingerprint density at radius 3 is 2.26 bits per heavy atom. The molecule has 0 fully saturated rings. The van der Waals surface area contributed by atoms with Gasteiger partial charge < -0.3 is 15.0 Å². The Kier molecular flexibility index (Phi) is 9.77. The van der Waals surface area contributed by atoms with Crippen molar-refractivity contribution in [1.29, 1.82) is 0 Å². The summed E-state index contributed by atoms with van der Waals surface area (Å²) in [6.07, 6.45) is 0. The number of carbonyl (C=O) groups is 2. The number of benzene rings is 3. The highest BCUT2D eigenvalue weighted by Gasteiger charge is 2.32. The lowest BCUT2D eigenvalue weighted by atomic mass is 10.1. The first kappa shape index (κ1) is 29.0. The number of rotatable bonds is 11. The lowest BCUT2D eigenvalue weighted by molar-refractivity contribution is -0.139. The maximum atomic E-state index is 13.9. The Morgan fingerprint density at radius 2 is 1.63 bits per heavy atom. The number of amides is 2. The second-order valence-corrected chi connectivity index (χ2v) is 11.3. The van der Waals surface area contributed by atoms with Crippen molar-refractivity contribution >= 4 is 39.1 Å². The molecule has 10 heteroatoms. The molecule has 0 aliphatic carbocycles. The van der Waals surface area contributed by atoms with Crippen LogP contribution in [0.1, 0.15) is 26.3 Å².